The average Bonchev–Trinajstić information content (AvgIpc) is 2.83. The molecule has 4 aromatic rings. The van der Waals surface area contributed by atoms with Gasteiger partial charge in [0, 0.05) is 10.9 Å². The van der Waals surface area contributed by atoms with Crippen LogP contribution in [0.5, 0.6) is 0 Å². The molecule has 162 valence electrons. The summed E-state index contributed by atoms with van der Waals surface area (Å²) in [5.74, 6) is 0. The second-order valence-corrected chi connectivity index (χ2v) is 11.3. The number of rotatable bonds is 7. The molecule has 4 rings (SSSR count). The van der Waals surface area contributed by atoms with Crippen molar-refractivity contribution in [1.82, 2.24) is 0 Å². The summed E-state index contributed by atoms with van der Waals surface area (Å²) in [7, 11) is -2.19. The molecule has 0 spiro atoms. The summed E-state index contributed by atoms with van der Waals surface area (Å²) in [5, 5.41) is 16.2. The lowest BCUT2D eigenvalue weighted by Gasteiger charge is -2.27. The van der Waals surface area contributed by atoms with Gasteiger partial charge < -0.3 is 17.0 Å². The molecule has 0 aliphatic heterocycles. The molecule has 0 atom stereocenters. The Labute approximate surface area is 207 Å². The van der Waals surface area contributed by atoms with Gasteiger partial charge in [0.1, 0.15) is 29.3 Å². The molecule has 0 radical (unpaired) electrons. The van der Waals surface area contributed by atoms with Crippen molar-refractivity contribution >= 4 is 44.8 Å². The Balaban J connectivity index is 0.00000289. The largest absolute Gasteiger partial charge is 1.00 e. The first-order valence-corrected chi connectivity index (χ1v) is 13.1. The van der Waals surface area contributed by atoms with Crippen molar-refractivity contribution in [3.8, 4) is 0 Å². The molecule has 0 fully saturated rings. The highest BCUT2D eigenvalue weighted by atomic mass is 79.9. The molecule has 0 aliphatic rings. The van der Waals surface area contributed by atoms with Crippen LogP contribution in [0, 0.1) is 10.1 Å². The summed E-state index contributed by atoms with van der Waals surface area (Å²) < 4.78 is 0. The number of benzene rings is 4. The Kier molecular flexibility index (Phi) is 8.36. The summed E-state index contributed by atoms with van der Waals surface area (Å²) in [6, 6.07) is 37.0. The molecule has 0 saturated heterocycles. The van der Waals surface area contributed by atoms with Gasteiger partial charge in [-0.25, -0.2) is 0 Å². The number of nitro groups is 1. The Morgan fingerprint density at radius 2 is 1.06 bits per heavy atom. The van der Waals surface area contributed by atoms with Crippen LogP contribution in [0.1, 0.15) is 11.1 Å². The number of hydrogen-bond donors (Lipinski definition) is 0. The van der Waals surface area contributed by atoms with E-state index in [1.165, 1.54) is 15.9 Å². The lowest BCUT2D eigenvalue weighted by molar-refractivity contribution is -0.386. The minimum Gasteiger partial charge on any atom is -1.00 e. The number of para-hydroxylation sites is 1. The lowest BCUT2D eigenvalue weighted by Crippen LogP contribution is -3.00. The van der Waals surface area contributed by atoms with E-state index in [9.17, 15) is 10.1 Å². The van der Waals surface area contributed by atoms with E-state index in [0.29, 0.717) is 17.1 Å². The number of alkyl halides is 1. The van der Waals surface area contributed by atoms with Gasteiger partial charge >= 0.3 is 0 Å². The van der Waals surface area contributed by atoms with Gasteiger partial charge in [0.2, 0.25) is 0 Å². The molecule has 0 N–H and O–H groups in total. The Morgan fingerprint density at radius 1 is 0.656 bits per heavy atom. The van der Waals surface area contributed by atoms with Crippen LogP contribution in [0.4, 0.5) is 5.69 Å². The predicted octanol–water partition coefficient (Wildman–Crippen LogP) is 2.99. The minimum absolute atomic E-state index is 0. The molecule has 4 aromatic carbocycles. The fraction of sp³-hybridized carbons (Fsp3) is 0.0769. The molecule has 0 amide bonds. The zero-order valence-electron chi connectivity index (χ0n) is 17.3. The third-order valence-corrected chi connectivity index (χ3v) is 10.5. The smallest absolute Gasteiger partial charge is 0.280 e. The van der Waals surface area contributed by atoms with Crippen LogP contribution in [0.25, 0.3) is 0 Å². The molecular formula is C26H22Br2NO2P. The van der Waals surface area contributed by atoms with E-state index in [2.05, 4.69) is 88.7 Å². The van der Waals surface area contributed by atoms with Crippen molar-refractivity contribution in [2.75, 3.05) is 0 Å². The van der Waals surface area contributed by atoms with Crippen LogP contribution in [-0.4, -0.2) is 4.92 Å². The normalized spacial score (nSPS) is 10.9. The summed E-state index contributed by atoms with van der Waals surface area (Å²) >= 11 is 3.43. The summed E-state index contributed by atoms with van der Waals surface area (Å²) in [6.07, 6.45) is 0.586. The molecule has 0 bridgehead atoms. The van der Waals surface area contributed by atoms with Gasteiger partial charge in [0.25, 0.3) is 5.69 Å². The van der Waals surface area contributed by atoms with Crippen LogP contribution < -0.4 is 32.9 Å². The number of nitrogens with zero attached hydrogens (tertiary/aromatic N) is 1. The standard InChI is InChI=1S/C26H22BrNO2P.BrH/c27-19-21-11-10-12-22(26(21)28(29)30)20-31(23-13-4-1-5-14-23,24-15-6-2-7-16-24)25-17-8-3-9-18-25;/h1-18H,19-20H2;1H/q+1;/p-1. The van der Waals surface area contributed by atoms with Crippen molar-refractivity contribution in [2.24, 2.45) is 0 Å². The molecule has 0 saturated carbocycles. The monoisotopic (exact) mass is 569 g/mol. The first-order valence-electron chi connectivity index (χ1n) is 10.0. The lowest BCUT2D eigenvalue weighted by atomic mass is 10.1. The van der Waals surface area contributed by atoms with Crippen LogP contribution in [0.15, 0.2) is 109 Å². The maximum absolute atomic E-state index is 12.1. The van der Waals surface area contributed by atoms with E-state index in [1.807, 2.05) is 36.4 Å². The fourth-order valence-electron chi connectivity index (χ4n) is 4.14. The van der Waals surface area contributed by atoms with Crippen LogP contribution in [0.3, 0.4) is 0 Å². The third-order valence-electron chi connectivity index (χ3n) is 5.53. The third kappa shape index (κ3) is 4.71. The van der Waals surface area contributed by atoms with Gasteiger partial charge in [-0.1, -0.05) is 82.7 Å². The molecule has 0 aliphatic carbocycles. The topological polar surface area (TPSA) is 43.1 Å². The van der Waals surface area contributed by atoms with Gasteiger partial charge in [0.05, 0.1) is 10.5 Å². The maximum atomic E-state index is 12.1. The van der Waals surface area contributed by atoms with Gasteiger partial charge in [-0.15, -0.1) is 0 Å². The van der Waals surface area contributed by atoms with E-state index in [-0.39, 0.29) is 27.6 Å². The molecule has 6 heteroatoms. The van der Waals surface area contributed by atoms with Gasteiger partial charge in [0.15, 0.2) is 0 Å². The second kappa shape index (κ2) is 11.0. The molecule has 0 unspecified atom stereocenters. The Morgan fingerprint density at radius 3 is 1.44 bits per heavy atom. The first-order chi connectivity index (χ1) is 15.2. The Bertz CT molecular complexity index is 1080. The SMILES string of the molecule is O=[N+]([O-])c1c(CBr)cccc1C[P+](c1ccccc1)(c1ccccc1)c1ccccc1.[Br-]. The molecule has 0 heterocycles. The predicted molar refractivity (Wildman–Crippen MR) is 135 cm³/mol. The molecule has 0 aromatic heterocycles. The highest BCUT2D eigenvalue weighted by Gasteiger charge is 2.46. The quantitative estimate of drug-likeness (QED) is 0.148. The summed E-state index contributed by atoms with van der Waals surface area (Å²) in [6.45, 7) is 0. The Hall–Kier alpha value is -2.33. The first kappa shape index (κ1) is 24.3. The second-order valence-electron chi connectivity index (χ2n) is 7.29. The zero-order chi connectivity index (χ0) is 21.7. The van der Waals surface area contributed by atoms with Crippen molar-refractivity contribution in [1.29, 1.82) is 0 Å². The molecule has 32 heavy (non-hydrogen) atoms. The van der Waals surface area contributed by atoms with E-state index >= 15 is 0 Å². The van der Waals surface area contributed by atoms with E-state index in [1.54, 1.807) is 0 Å². The number of hydrogen-bond acceptors (Lipinski definition) is 2. The molecular weight excluding hydrogens is 549 g/mol. The summed E-state index contributed by atoms with van der Waals surface area (Å²) in [5.41, 5.74) is 1.69. The van der Waals surface area contributed by atoms with Gasteiger partial charge in [-0.3, -0.25) is 10.1 Å². The minimum atomic E-state index is -2.19. The van der Waals surface area contributed by atoms with Crippen LogP contribution in [-0.2, 0) is 11.5 Å². The van der Waals surface area contributed by atoms with E-state index in [0.717, 1.165) is 5.56 Å². The van der Waals surface area contributed by atoms with Crippen molar-refractivity contribution in [3.05, 3.63) is 130 Å². The van der Waals surface area contributed by atoms with E-state index in [4.69, 9.17) is 0 Å². The zero-order valence-corrected chi connectivity index (χ0v) is 21.3. The average molecular weight is 571 g/mol. The van der Waals surface area contributed by atoms with Crippen molar-refractivity contribution < 1.29 is 21.9 Å². The van der Waals surface area contributed by atoms with Gasteiger partial charge in [-0.05, 0) is 42.5 Å². The van der Waals surface area contributed by atoms with Crippen LogP contribution >= 0.6 is 23.2 Å². The van der Waals surface area contributed by atoms with Crippen LogP contribution in [0.2, 0.25) is 0 Å². The summed E-state index contributed by atoms with van der Waals surface area (Å²) in [4.78, 5) is 11.9. The number of nitro benzene ring substituents is 1. The number of halogens is 2. The highest BCUT2D eigenvalue weighted by molar-refractivity contribution is 9.08. The maximum Gasteiger partial charge on any atom is 0.280 e. The molecule has 3 nitrogen and oxygen atoms in total. The van der Waals surface area contributed by atoms with Crippen molar-refractivity contribution in [3.63, 3.8) is 0 Å². The fourth-order valence-corrected chi connectivity index (χ4v) is 8.84. The van der Waals surface area contributed by atoms with Crippen molar-refractivity contribution in [2.45, 2.75) is 11.5 Å². The van der Waals surface area contributed by atoms with E-state index < -0.39 is 7.26 Å². The van der Waals surface area contributed by atoms with Gasteiger partial charge in [-0.2, -0.15) is 0 Å². The highest BCUT2D eigenvalue weighted by Crippen LogP contribution is 2.59.